The number of carbonyl (C=O) groups is 2. The van der Waals surface area contributed by atoms with Gasteiger partial charge in [0.2, 0.25) is 11.8 Å². The average molecular weight is 305 g/mol. The zero-order chi connectivity index (χ0) is 15.9. The Labute approximate surface area is 130 Å². The van der Waals surface area contributed by atoms with Crippen molar-refractivity contribution in [1.82, 2.24) is 10.2 Å². The second-order valence-corrected chi connectivity index (χ2v) is 5.38. The van der Waals surface area contributed by atoms with Crippen molar-refractivity contribution in [1.29, 1.82) is 0 Å². The van der Waals surface area contributed by atoms with E-state index in [9.17, 15) is 9.59 Å². The van der Waals surface area contributed by atoms with E-state index >= 15 is 0 Å². The van der Waals surface area contributed by atoms with Gasteiger partial charge in [0.05, 0.1) is 19.6 Å². The van der Waals surface area contributed by atoms with Crippen LogP contribution in [0, 0.1) is 0 Å². The van der Waals surface area contributed by atoms with E-state index in [1.807, 2.05) is 19.1 Å². The van der Waals surface area contributed by atoms with E-state index in [0.29, 0.717) is 38.4 Å². The number of amides is 2. The predicted octanol–water partition coefficient (Wildman–Crippen LogP) is 0.565. The van der Waals surface area contributed by atoms with Crippen molar-refractivity contribution < 1.29 is 14.3 Å². The van der Waals surface area contributed by atoms with Crippen LogP contribution in [0.25, 0.3) is 0 Å². The van der Waals surface area contributed by atoms with Gasteiger partial charge in [-0.2, -0.15) is 0 Å². The Balaban J connectivity index is 1.89. The number of nitrogen functional groups attached to an aromatic ring is 1. The van der Waals surface area contributed by atoms with Gasteiger partial charge in [-0.1, -0.05) is 19.1 Å². The van der Waals surface area contributed by atoms with Gasteiger partial charge in [0.1, 0.15) is 6.04 Å². The summed E-state index contributed by atoms with van der Waals surface area (Å²) >= 11 is 0. The Morgan fingerprint density at radius 2 is 1.91 bits per heavy atom. The van der Waals surface area contributed by atoms with Crippen molar-refractivity contribution in [3.8, 4) is 0 Å². The summed E-state index contributed by atoms with van der Waals surface area (Å²) in [4.78, 5) is 26.3. The van der Waals surface area contributed by atoms with Gasteiger partial charge >= 0.3 is 0 Å². The van der Waals surface area contributed by atoms with Gasteiger partial charge in [-0.15, -0.1) is 0 Å². The summed E-state index contributed by atoms with van der Waals surface area (Å²) in [7, 11) is 0. The molecular formula is C16H23N3O3. The quantitative estimate of drug-likeness (QED) is 0.779. The van der Waals surface area contributed by atoms with Crippen LogP contribution in [0.2, 0.25) is 0 Å². The normalized spacial score (nSPS) is 16.1. The van der Waals surface area contributed by atoms with Gasteiger partial charge in [-0.05, 0) is 24.1 Å². The molecule has 1 atom stereocenters. The number of carbonyl (C=O) groups excluding carboxylic acids is 2. The summed E-state index contributed by atoms with van der Waals surface area (Å²) in [5.41, 5.74) is 7.16. The fourth-order valence-electron chi connectivity index (χ4n) is 2.41. The number of hydrogen-bond donors (Lipinski definition) is 2. The van der Waals surface area contributed by atoms with Crippen molar-refractivity contribution in [2.45, 2.75) is 25.8 Å². The molecule has 22 heavy (non-hydrogen) atoms. The van der Waals surface area contributed by atoms with Crippen molar-refractivity contribution in [3.63, 3.8) is 0 Å². The number of nitrogens with one attached hydrogen (secondary N) is 1. The maximum absolute atomic E-state index is 12.4. The van der Waals surface area contributed by atoms with E-state index in [2.05, 4.69) is 5.32 Å². The van der Waals surface area contributed by atoms with Gasteiger partial charge in [0.15, 0.2) is 0 Å². The van der Waals surface area contributed by atoms with Crippen molar-refractivity contribution >= 4 is 17.5 Å². The van der Waals surface area contributed by atoms with Gasteiger partial charge in [0, 0.05) is 18.8 Å². The molecule has 6 nitrogen and oxygen atoms in total. The molecule has 1 heterocycles. The fourth-order valence-corrected chi connectivity index (χ4v) is 2.41. The molecule has 1 aromatic carbocycles. The SMILES string of the molecule is CCC(NC(=O)Cc1ccc(N)cc1)C(=O)N1CCOCC1. The summed E-state index contributed by atoms with van der Waals surface area (Å²) < 4.78 is 5.24. The minimum absolute atomic E-state index is 0.0311. The van der Waals surface area contributed by atoms with Crippen molar-refractivity contribution in [3.05, 3.63) is 29.8 Å². The third kappa shape index (κ3) is 4.46. The maximum atomic E-state index is 12.4. The summed E-state index contributed by atoms with van der Waals surface area (Å²) in [5, 5.41) is 2.82. The summed E-state index contributed by atoms with van der Waals surface area (Å²) in [6, 6.07) is 6.69. The third-order valence-corrected chi connectivity index (χ3v) is 3.71. The largest absolute Gasteiger partial charge is 0.399 e. The second-order valence-electron chi connectivity index (χ2n) is 5.38. The van der Waals surface area contributed by atoms with E-state index in [1.54, 1.807) is 17.0 Å². The van der Waals surface area contributed by atoms with Crippen LogP contribution in [0.1, 0.15) is 18.9 Å². The van der Waals surface area contributed by atoms with Crippen molar-refractivity contribution in [2.75, 3.05) is 32.0 Å². The Kier molecular flexibility index (Phi) is 5.77. The lowest BCUT2D eigenvalue weighted by Crippen LogP contribution is -2.51. The first-order chi connectivity index (χ1) is 10.6. The predicted molar refractivity (Wildman–Crippen MR) is 84.2 cm³/mol. The Morgan fingerprint density at radius 1 is 1.27 bits per heavy atom. The van der Waals surface area contributed by atoms with Crippen LogP contribution < -0.4 is 11.1 Å². The van der Waals surface area contributed by atoms with Crippen LogP contribution in [0.4, 0.5) is 5.69 Å². The molecule has 0 radical (unpaired) electrons. The van der Waals surface area contributed by atoms with Gasteiger partial charge in [-0.25, -0.2) is 0 Å². The first-order valence-electron chi connectivity index (χ1n) is 7.60. The minimum atomic E-state index is -0.473. The molecule has 0 bridgehead atoms. The second kappa shape index (κ2) is 7.79. The van der Waals surface area contributed by atoms with Crippen LogP contribution in [0.15, 0.2) is 24.3 Å². The average Bonchev–Trinajstić information content (AvgIpc) is 2.55. The highest BCUT2D eigenvalue weighted by atomic mass is 16.5. The molecule has 0 spiro atoms. The van der Waals surface area contributed by atoms with Gasteiger partial charge < -0.3 is 20.7 Å². The van der Waals surface area contributed by atoms with Crippen LogP contribution >= 0.6 is 0 Å². The number of hydrogen-bond acceptors (Lipinski definition) is 4. The molecule has 1 fully saturated rings. The molecule has 0 aromatic heterocycles. The third-order valence-electron chi connectivity index (χ3n) is 3.71. The van der Waals surface area contributed by atoms with E-state index in [1.165, 1.54) is 0 Å². The zero-order valence-electron chi connectivity index (χ0n) is 12.9. The first kappa shape index (κ1) is 16.3. The zero-order valence-corrected chi connectivity index (χ0v) is 12.9. The van der Waals surface area contributed by atoms with Crippen LogP contribution in [0.3, 0.4) is 0 Å². The Morgan fingerprint density at radius 3 is 2.50 bits per heavy atom. The van der Waals surface area contributed by atoms with Crippen LogP contribution in [-0.4, -0.2) is 49.1 Å². The fraction of sp³-hybridized carbons (Fsp3) is 0.500. The first-order valence-corrected chi connectivity index (χ1v) is 7.60. The standard InChI is InChI=1S/C16H23N3O3/c1-2-14(16(21)19-7-9-22-10-8-19)18-15(20)11-12-3-5-13(17)6-4-12/h3-6,14H,2,7-11,17H2,1H3,(H,18,20). The summed E-state index contributed by atoms with van der Waals surface area (Å²) in [6.45, 7) is 4.18. The highest BCUT2D eigenvalue weighted by Gasteiger charge is 2.25. The summed E-state index contributed by atoms with van der Waals surface area (Å²) in [5.74, 6) is -0.185. The van der Waals surface area contributed by atoms with E-state index < -0.39 is 6.04 Å². The Bertz CT molecular complexity index is 510. The van der Waals surface area contributed by atoms with E-state index in [0.717, 1.165) is 5.56 Å². The molecule has 120 valence electrons. The van der Waals surface area contributed by atoms with Crippen LogP contribution in [-0.2, 0) is 20.7 Å². The van der Waals surface area contributed by atoms with Gasteiger partial charge in [-0.3, -0.25) is 9.59 Å². The molecule has 0 aliphatic carbocycles. The molecule has 3 N–H and O–H groups in total. The molecule has 1 aliphatic heterocycles. The molecule has 1 unspecified atom stereocenters. The molecule has 2 rings (SSSR count). The molecule has 2 amide bonds. The number of morpholine rings is 1. The Hall–Kier alpha value is -2.08. The molecule has 1 saturated heterocycles. The number of benzene rings is 1. The molecule has 1 aliphatic rings. The maximum Gasteiger partial charge on any atom is 0.245 e. The van der Waals surface area contributed by atoms with E-state index in [-0.39, 0.29) is 18.2 Å². The topological polar surface area (TPSA) is 84.7 Å². The lowest BCUT2D eigenvalue weighted by Gasteiger charge is -2.30. The van der Waals surface area contributed by atoms with Crippen molar-refractivity contribution in [2.24, 2.45) is 0 Å². The number of anilines is 1. The molecule has 6 heteroatoms. The number of rotatable bonds is 5. The lowest BCUT2D eigenvalue weighted by atomic mass is 10.1. The number of nitrogens with zero attached hydrogens (tertiary/aromatic N) is 1. The minimum Gasteiger partial charge on any atom is -0.399 e. The van der Waals surface area contributed by atoms with Gasteiger partial charge in [0.25, 0.3) is 0 Å². The lowest BCUT2D eigenvalue weighted by molar-refractivity contribution is -0.139. The highest BCUT2D eigenvalue weighted by molar-refractivity contribution is 5.88. The molecule has 0 saturated carbocycles. The monoisotopic (exact) mass is 305 g/mol. The smallest absolute Gasteiger partial charge is 0.245 e. The van der Waals surface area contributed by atoms with E-state index in [4.69, 9.17) is 10.5 Å². The highest BCUT2D eigenvalue weighted by Crippen LogP contribution is 2.07. The molecule has 1 aromatic rings. The number of ether oxygens (including phenoxy) is 1. The van der Waals surface area contributed by atoms with Crippen LogP contribution in [0.5, 0.6) is 0 Å². The number of nitrogens with two attached hydrogens (primary N) is 1. The summed E-state index contributed by atoms with van der Waals surface area (Å²) in [6.07, 6.45) is 0.816. The molecular weight excluding hydrogens is 282 g/mol.